The molecule has 16 heavy (non-hydrogen) atoms. The van der Waals surface area contributed by atoms with Crippen molar-refractivity contribution >= 4 is 11.6 Å². The van der Waals surface area contributed by atoms with E-state index >= 15 is 0 Å². The Morgan fingerprint density at radius 1 is 1.44 bits per heavy atom. The smallest absolute Gasteiger partial charge is 0.227 e. The number of fused-ring (bicyclic) bond motifs is 1. The molecule has 2 heteroatoms. The second-order valence-corrected chi connectivity index (χ2v) is 3.98. The molecule has 1 aromatic rings. The number of hydrogen-bond acceptors (Lipinski definition) is 1. The topological polar surface area (TPSA) is 20.3 Å². The van der Waals surface area contributed by atoms with Gasteiger partial charge in [-0.3, -0.25) is 4.79 Å². The third kappa shape index (κ3) is 2.09. The van der Waals surface area contributed by atoms with Crippen molar-refractivity contribution in [3.8, 4) is 12.3 Å². The van der Waals surface area contributed by atoms with Crippen molar-refractivity contribution in [1.29, 1.82) is 0 Å². The first kappa shape index (κ1) is 10.8. The predicted octanol–water partition coefficient (Wildman–Crippen LogP) is 2.38. The summed E-state index contributed by atoms with van der Waals surface area (Å²) in [6.45, 7) is 0.820. The molecule has 82 valence electrons. The molecule has 0 atom stereocenters. The summed E-state index contributed by atoms with van der Waals surface area (Å²) in [7, 11) is 0. The van der Waals surface area contributed by atoms with Crippen molar-refractivity contribution in [3.63, 3.8) is 0 Å². The van der Waals surface area contributed by atoms with Crippen molar-refractivity contribution in [2.24, 2.45) is 0 Å². The molecule has 0 fully saturated rings. The number of anilines is 1. The Morgan fingerprint density at radius 2 is 2.25 bits per heavy atom. The lowest BCUT2D eigenvalue weighted by molar-refractivity contribution is -0.118. The Morgan fingerprint density at radius 3 is 3.06 bits per heavy atom. The van der Waals surface area contributed by atoms with Gasteiger partial charge in [-0.05, 0) is 24.5 Å². The van der Waals surface area contributed by atoms with Crippen molar-refractivity contribution in [3.05, 3.63) is 29.8 Å². The van der Waals surface area contributed by atoms with Crippen LogP contribution in [0.15, 0.2) is 24.3 Å². The highest BCUT2D eigenvalue weighted by atomic mass is 16.2. The SMILES string of the molecule is C#CCCC(=O)N1CCCc2ccccc21. The average Bonchev–Trinajstić information content (AvgIpc) is 2.35. The lowest BCUT2D eigenvalue weighted by Gasteiger charge is -2.29. The average molecular weight is 213 g/mol. The van der Waals surface area contributed by atoms with Crippen LogP contribution < -0.4 is 4.90 Å². The Labute approximate surface area is 96.3 Å². The largest absolute Gasteiger partial charge is 0.312 e. The van der Waals surface area contributed by atoms with E-state index in [1.54, 1.807) is 0 Å². The summed E-state index contributed by atoms with van der Waals surface area (Å²) in [5, 5.41) is 0. The fraction of sp³-hybridized carbons (Fsp3) is 0.357. The van der Waals surface area contributed by atoms with E-state index in [2.05, 4.69) is 12.0 Å². The van der Waals surface area contributed by atoms with Gasteiger partial charge in [-0.2, -0.15) is 0 Å². The Hall–Kier alpha value is -1.75. The van der Waals surface area contributed by atoms with Gasteiger partial charge in [0.05, 0.1) is 0 Å². The maximum absolute atomic E-state index is 12.0. The molecule has 0 saturated carbocycles. The van der Waals surface area contributed by atoms with Gasteiger partial charge in [0.1, 0.15) is 0 Å². The molecule has 1 amide bonds. The zero-order valence-electron chi connectivity index (χ0n) is 9.28. The fourth-order valence-corrected chi connectivity index (χ4v) is 2.11. The highest BCUT2D eigenvalue weighted by Gasteiger charge is 2.21. The molecule has 0 N–H and O–H groups in total. The molecule has 1 aromatic carbocycles. The first-order valence-corrected chi connectivity index (χ1v) is 5.64. The van der Waals surface area contributed by atoms with Gasteiger partial charge in [-0.25, -0.2) is 0 Å². The highest BCUT2D eigenvalue weighted by Crippen LogP contribution is 2.27. The molecule has 0 saturated heterocycles. The van der Waals surface area contributed by atoms with E-state index in [4.69, 9.17) is 6.42 Å². The first-order valence-electron chi connectivity index (χ1n) is 5.64. The van der Waals surface area contributed by atoms with Crippen LogP contribution in [0.1, 0.15) is 24.8 Å². The molecule has 0 spiro atoms. The summed E-state index contributed by atoms with van der Waals surface area (Å²) >= 11 is 0. The van der Waals surface area contributed by atoms with Gasteiger partial charge >= 0.3 is 0 Å². The lowest BCUT2D eigenvalue weighted by atomic mass is 10.0. The standard InChI is InChI=1S/C14H15NO/c1-2-3-10-14(16)15-11-6-8-12-7-4-5-9-13(12)15/h1,4-5,7,9H,3,6,8,10-11H2. The second kappa shape index (κ2) is 4.85. The van der Waals surface area contributed by atoms with Gasteiger partial charge in [-0.1, -0.05) is 18.2 Å². The third-order valence-electron chi connectivity index (χ3n) is 2.89. The van der Waals surface area contributed by atoms with Crippen LogP contribution in [0.3, 0.4) is 0 Å². The molecule has 0 aliphatic carbocycles. The molecule has 2 rings (SSSR count). The van der Waals surface area contributed by atoms with Gasteiger partial charge in [0, 0.05) is 25.1 Å². The maximum Gasteiger partial charge on any atom is 0.227 e. The van der Waals surface area contributed by atoms with Crippen LogP contribution in [0.2, 0.25) is 0 Å². The van der Waals surface area contributed by atoms with Gasteiger partial charge in [0.25, 0.3) is 0 Å². The minimum absolute atomic E-state index is 0.144. The van der Waals surface area contributed by atoms with Crippen molar-refractivity contribution in [2.45, 2.75) is 25.7 Å². The van der Waals surface area contributed by atoms with Crippen LogP contribution in [0, 0.1) is 12.3 Å². The number of nitrogens with zero attached hydrogens (tertiary/aromatic N) is 1. The number of benzene rings is 1. The van der Waals surface area contributed by atoms with Gasteiger partial charge in [0.15, 0.2) is 0 Å². The van der Waals surface area contributed by atoms with Gasteiger partial charge < -0.3 is 4.90 Å². The van der Waals surface area contributed by atoms with E-state index < -0.39 is 0 Å². The van der Waals surface area contributed by atoms with E-state index in [1.807, 2.05) is 23.1 Å². The first-order chi connectivity index (χ1) is 7.83. The Balaban J connectivity index is 2.19. The number of hydrogen-bond donors (Lipinski definition) is 0. The minimum atomic E-state index is 0.144. The molecular weight excluding hydrogens is 198 g/mol. The molecule has 2 nitrogen and oxygen atoms in total. The summed E-state index contributed by atoms with van der Waals surface area (Å²) < 4.78 is 0. The summed E-state index contributed by atoms with van der Waals surface area (Å²) in [6.07, 6.45) is 8.26. The zero-order valence-corrected chi connectivity index (χ0v) is 9.28. The van der Waals surface area contributed by atoms with Crippen LogP contribution >= 0.6 is 0 Å². The molecule has 0 unspecified atom stereocenters. The fourth-order valence-electron chi connectivity index (χ4n) is 2.11. The number of carbonyl (C=O) groups is 1. The van der Waals surface area contributed by atoms with Gasteiger partial charge in [0.2, 0.25) is 5.91 Å². The van der Waals surface area contributed by atoms with Crippen LogP contribution in [0.4, 0.5) is 5.69 Å². The summed E-state index contributed by atoms with van der Waals surface area (Å²) in [5.41, 5.74) is 2.33. The number of para-hydroxylation sites is 1. The zero-order chi connectivity index (χ0) is 11.4. The molecule has 0 bridgehead atoms. The van der Waals surface area contributed by atoms with E-state index in [-0.39, 0.29) is 5.91 Å². The maximum atomic E-state index is 12.0. The number of amides is 1. The normalized spacial score (nSPS) is 14.1. The Kier molecular flexibility index (Phi) is 3.26. The number of aryl methyl sites for hydroxylation is 1. The van der Waals surface area contributed by atoms with Crippen molar-refractivity contribution in [2.75, 3.05) is 11.4 Å². The number of rotatable bonds is 2. The number of terminal acetylenes is 1. The molecule has 0 aromatic heterocycles. The van der Waals surface area contributed by atoms with E-state index in [1.165, 1.54) is 5.56 Å². The van der Waals surface area contributed by atoms with Crippen LogP contribution in [-0.2, 0) is 11.2 Å². The van der Waals surface area contributed by atoms with E-state index in [9.17, 15) is 4.79 Å². The second-order valence-electron chi connectivity index (χ2n) is 3.98. The third-order valence-corrected chi connectivity index (χ3v) is 2.89. The van der Waals surface area contributed by atoms with Crippen LogP contribution in [0.5, 0.6) is 0 Å². The summed E-state index contributed by atoms with van der Waals surface area (Å²) in [6, 6.07) is 8.11. The van der Waals surface area contributed by atoms with Crippen LogP contribution in [0.25, 0.3) is 0 Å². The summed E-state index contributed by atoms with van der Waals surface area (Å²) in [4.78, 5) is 13.8. The molecule has 1 heterocycles. The minimum Gasteiger partial charge on any atom is -0.312 e. The van der Waals surface area contributed by atoms with Crippen molar-refractivity contribution < 1.29 is 4.79 Å². The summed E-state index contributed by atoms with van der Waals surface area (Å²) in [5.74, 6) is 2.66. The van der Waals surface area contributed by atoms with Crippen molar-refractivity contribution in [1.82, 2.24) is 0 Å². The molecular formula is C14H15NO. The number of carbonyl (C=O) groups excluding carboxylic acids is 1. The van der Waals surface area contributed by atoms with Crippen LogP contribution in [-0.4, -0.2) is 12.5 Å². The quantitative estimate of drug-likeness (QED) is 0.691. The molecule has 1 aliphatic rings. The van der Waals surface area contributed by atoms with E-state index in [0.29, 0.717) is 12.8 Å². The molecule has 0 radical (unpaired) electrons. The monoisotopic (exact) mass is 213 g/mol. The lowest BCUT2D eigenvalue weighted by Crippen LogP contribution is -2.35. The van der Waals surface area contributed by atoms with Gasteiger partial charge in [-0.15, -0.1) is 12.3 Å². The predicted molar refractivity (Wildman–Crippen MR) is 65.2 cm³/mol. The van der Waals surface area contributed by atoms with E-state index in [0.717, 1.165) is 25.1 Å². The Bertz CT molecular complexity index is 431. The highest BCUT2D eigenvalue weighted by molar-refractivity contribution is 5.94. The molecule has 1 aliphatic heterocycles.